The lowest BCUT2D eigenvalue weighted by Crippen LogP contribution is -2.15. The molecule has 106 valence electrons. The van der Waals surface area contributed by atoms with Crippen LogP contribution in [-0.4, -0.2) is 7.05 Å². The Morgan fingerprint density at radius 3 is 2.40 bits per heavy atom. The van der Waals surface area contributed by atoms with E-state index >= 15 is 0 Å². The molecule has 0 aliphatic rings. The molecule has 0 spiro atoms. The SMILES string of the molecule is CNC(C)c1c(F)cccc1Oc1ccc(F)cc1F. The van der Waals surface area contributed by atoms with E-state index in [1.165, 1.54) is 24.3 Å². The van der Waals surface area contributed by atoms with E-state index in [9.17, 15) is 13.2 Å². The van der Waals surface area contributed by atoms with Crippen LogP contribution >= 0.6 is 0 Å². The van der Waals surface area contributed by atoms with Gasteiger partial charge in [-0.1, -0.05) is 6.07 Å². The lowest BCUT2D eigenvalue weighted by molar-refractivity contribution is 0.420. The maximum absolute atomic E-state index is 13.9. The molecule has 0 amide bonds. The van der Waals surface area contributed by atoms with E-state index in [-0.39, 0.29) is 17.5 Å². The summed E-state index contributed by atoms with van der Waals surface area (Å²) >= 11 is 0. The summed E-state index contributed by atoms with van der Waals surface area (Å²) in [6.45, 7) is 1.76. The van der Waals surface area contributed by atoms with Crippen LogP contribution in [0.4, 0.5) is 13.2 Å². The predicted molar refractivity (Wildman–Crippen MR) is 70.3 cm³/mol. The normalized spacial score (nSPS) is 12.2. The first-order valence-corrected chi connectivity index (χ1v) is 6.11. The van der Waals surface area contributed by atoms with Crippen molar-refractivity contribution >= 4 is 0 Å². The van der Waals surface area contributed by atoms with Crippen molar-refractivity contribution in [3.05, 3.63) is 59.4 Å². The largest absolute Gasteiger partial charge is 0.454 e. The van der Waals surface area contributed by atoms with Crippen molar-refractivity contribution in [3.8, 4) is 11.5 Å². The summed E-state index contributed by atoms with van der Waals surface area (Å²) in [6, 6.07) is 6.97. The van der Waals surface area contributed by atoms with Gasteiger partial charge in [0.15, 0.2) is 11.6 Å². The summed E-state index contributed by atoms with van der Waals surface area (Å²) in [5.41, 5.74) is 0.290. The average Bonchev–Trinajstić information content (AvgIpc) is 2.41. The van der Waals surface area contributed by atoms with Crippen LogP contribution in [0.15, 0.2) is 36.4 Å². The van der Waals surface area contributed by atoms with Gasteiger partial charge in [0.1, 0.15) is 17.4 Å². The molecule has 20 heavy (non-hydrogen) atoms. The monoisotopic (exact) mass is 281 g/mol. The molecule has 0 aliphatic carbocycles. The lowest BCUT2D eigenvalue weighted by Gasteiger charge is -2.17. The maximum Gasteiger partial charge on any atom is 0.168 e. The zero-order valence-corrected chi connectivity index (χ0v) is 11.1. The second-order valence-corrected chi connectivity index (χ2v) is 4.34. The van der Waals surface area contributed by atoms with Gasteiger partial charge in [-0.15, -0.1) is 0 Å². The number of rotatable bonds is 4. The molecule has 2 nitrogen and oxygen atoms in total. The molecule has 2 aromatic carbocycles. The predicted octanol–water partition coefficient (Wildman–Crippen LogP) is 4.18. The zero-order chi connectivity index (χ0) is 14.7. The molecular weight excluding hydrogens is 267 g/mol. The van der Waals surface area contributed by atoms with Gasteiger partial charge < -0.3 is 10.1 Å². The average molecular weight is 281 g/mol. The van der Waals surface area contributed by atoms with Crippen LogP contribution < -0.4 is 10.1 Å². The summed E-state index contributed by atoms with van der Waals surface area (Å²) in [6.07, 6.45) is 0. The Morgan fingerprint density at radius 1 is 1.00 bits per heavy atom. The molecule has 0 aliphatic heterocycles. The topological polar surface area (TPSA) is 21.3 Å². The highest BCUT2D eigenvalue weighted by molar-refractivity contribution is 5.40. The van der Waals surface area contributed by atoms with Crippen molar-refractivity contribution in [1.29, 1.82) is 0 Å². The van der Waals surface area contributed by atoms with E-state index in [0.717, 1.165) is 12.1 Å². The fraction of sp³-hybridized carbons (Fsp3) is 0.200. The molecule has 5 heteroatoms. The highest BCUT2D eigenvalue weighted by atomic mass is 19.1. The molecule has 0 aromatic heterocycles. The molecular formula is C15H14F3NO. The number of halogens is 3. The first-order chi connectivity index (χ1) is 9.52. The summed E-state index contributed by atoms with van der Waals surface area (Å²) in [5, 5.41) is 2.90. The molecule has 1 atom stereocenters. The smallest absolute Gasteiger partial charge is 0.168 e. The number of hydrogen-bond acceptors (Lipinski definition) is 2. The van der Waals surface area contributed by atoms with Crippen molar-refractivity contribution < 1.29 is 17.9 Å². The minimum atomic E-state index is -0.836. The Balaban J connectivity index is 2.40. The molecule has 0 radical (unpaired) electrons. The van der Waals surface area contributed by atoms with E-state index in [1.54, 1.807) is 14.0 Å². The van der Waals surface area contributed by atoms with E-state index in [4.69, 9.17) is 4.74 Å². The second-order valence-electron chi connectivity index (χ2n) is 4.34. The number of benzene rings is 2. The van der Waals surface area contributed by atoms with Crippen LogP contribution in [0.1, 0.15) is 18.5 Å². The maximum atomic E-state index is 13.9. The Hall–Kier alpha value is -2.01. The lowest BCUT2D eigenvalue weighted by atomic mass is 10.1. The van der Waals surface area contributed by atoms with E-state index in [2.05, 4.69) is 5.32 Å². The van der Waals surface area contributed by atoms with Gasteiger partial charge >= 0.3 is 0 Å². The molecule has 0 fully saturated rings. The van der Waals surface area contributed by atoms with Gasteiger partial charge in [0.05, 0.1) is 0 Å². The van der Waals surface area contributed by atoms with Crippen LogP contribution in [0.25, 0.3) is 0 Å². The van der Waals surface area contributed by atoms with Crippen LogP contribution in [-0.2, 0) is 0 Å². The van der Waals surface area contributed by atoms with Gasteiger partial charge in [-0.25, -0.2) is 13.2 Å². The molecule has 0 saturated heterocycles. The molecule has 2 rings (SSSR count). The molecule has 0 bridgehead atoms. The van der Waals surface area contributed by atoms with Crippen molar-refractivity contribution in [1.82, 2.24) is 5.32 Å². The minimum absolute atomic E-state index is 0.151. The van der Waals surface area contributed by atoms with Crippen molar-refractivity contribution in [2.45, 2.75) is 13.0 Å². The van der Waals surface area contributed by atoms with Gasteiger partial charge in [-0.05, 0) is 38.2 Å². The summed E-state index contributed by atoms with van der Waals surface area (Å²) in [7, 11) is 1.68. The number of ether oxygens (including phenoxy) is 1. The number of nitrogens with one attached hydrogen (secondary N) is 1. The number of hydrogen-bond donors (Lipinski definition) is 1. The van der Waals surface area contributed by atoms with E-state index in [1.807, 2.05) is 0 Å². The Kier molecular flexibility index (Phi) is 4.29. The van der Waals surface area contributed by atoms with Gasteiger partial charge in [-0.3, -0.25) is 0 Å². The Morgan fingerprint density at radius 2 is 1.75 bits per heavy atom. The zero-order valence-electron chi connectivity index (χ0n) is 11.1. The highest BCUT2D eigenvalue weighted by Gasteiger charge is 2.17. The van der Waals surface area contributed by atoms with Crippen LogP contribution in [0.5, 0.6) is 11.5 Å². The van der Waals surface area contributed by atoms with Crippen LogP contribution in [0.3, 0.4) is 0 Å². The highest BCUT2D eigenvalue weighted by Crippen LogP contribution is 2.32. The quantitative estimate of drug-likeness (QED) is 0.908. The Labute approximate surface area is 115 Å². The molecule has 1 unspecified atom stereocenters. The van der Waals surface area contributed by atoms with Crippen LogP contribution in [0.2, 0.25) is 0 Å². The van der Waals surface area contributed by atoms with Crippen molar-refractivity contribution in [2.24, 2.45) is 0 Å². The summed E-state index contributed by atoms with van der Waals surface area (Å²) < 4.78 is 45.7. The molecule has 2 aromatic rings. The van der Waals surface area contributed by atoms with Gasteiger partial charge in [0, 0.05) is 17.7 Å². The van der Waals surface area contributed by atoms with Crippen molar-refractivity contribution in [2.75, 3.05) is 7.05 Å². The first kappa shape index (κ1) is 14.4. The van der Waals surface area contributed by atoms with Gasteiger partial charge in [0.25, 0.3) is 0 Å². The first-order valence-electron chi connectivity index (χ1n) is 6.11. The standard InChI is InChI=1S/C15H14F3NO/c1-9(19-2)15-11(17)4-3-5-14(15)20-13-7-6-10(16)8-12(13)18/h3-9,19H,1-2H3. The Bertz CT molecular complexity index is 616. The van der Waals surface area contributed by atoms with E-state index < -0.39 is 17.5 Å². The van der Waals surface area contributed by atoms with Crippen LogP contribution in [0, 0.1) is 17.5 Å². The van der Waals surface area contributed by atoms with Gasteiger partial charge in [0.2, 0.25) is 0 Å². The molecule has 0 heterocycles. The summed E-state index contributed by atoms with van der Waals surface area (Å²) in [4.78, 5) is 0. The fourth-order valence-corrected chi connectivity index (χ4v) is 1.85. The fourth-order valence-electron chi connectivity index (χ4n) is 1.85. The van der Waals surface area contributed by atoms with Gasteiger partial charge in [-0.2, -0.15) is 0 Å². The third-order valence-electron chi connectivity index (χ3n) is 2.99. The summed E-state index contributed by atoms with van der Waals surface area (Å²) in [5.74, 6) is -1.94. The van der Waals surface area contributed by atoms with E-state index in [0.29, 0.717) is 5.56 Å². The van der Waals surface area contributed by atoms with Crippen molar-refractivity contribution in [3.63, 3.8) is 0 Å². The minimum Gasteiger partial charge on any atom is -0.454 e. The molecule has 1 N–H and O–H groups in total. The molecule has 0 saturated carbocycles. The third-order valence-corrected chi connectivity index (χ3v) is 2.99. The second kappa shape index (κ2) is 5.96. The third kappa shape index (κ3) is 2.93.